The van der Waals surface area contributed by atoms with Gasteiger partial charge in [-0.1, -0.05) is 97.3 Å². The molecule has 1 heterocycles. The number of unbranched alkanes of at least 4 members (excludes halogenated alkanes) is 12. The summed E-state index contributed by atoms with van der Waals surface area (Å²) in [4.78, 5) is 4.06. The van der Waals surface area contributed by atoms with Crippen molar-refractivity contribution in [1.29, 1.82) is 0 Å². The van der Waals surface area contributed by atoms with E-state index in [1.165, 1.54) is 89.9 Å². The third-order valence-corrected chi connectivity index (χ3v) is 4.92. The molecule has 0 N–H and O–H groups in total. The summed E-state index contributed by atoms with van der Waals surface area (Å²) >= 11 is 0. The van der Waals surface area contributed by atoms with E-state index < -0.39 is 0 Å². The van der Waals surface area contributed by atoms with Gasteiger partial charge in [-0.25, -0.2) is 9.67 Å². The summed E-state index contributed by atoms with van der Waals surface area (Å²) in [6.07, 6.45) is 24.4. The molecular weight excluding hydrogens is 282 g/mol. The van der Waals surface area contributed by atoms with Gasteiger partial charge in [0.15, 0.2) is 0 Å². The summed E-state index contributed by atoms with van der Waals surface area (Å²) in [6.45, 7) is 4.53. The van der Waals surface area contributed by atoms with Crippen molar-refractivity contribution in [1.82, 2.24) is 14.8 Å². The minimum Gasteiger partial charge on any atom is -0.250 e. The zero-order valence-electron chi connectivity index (χ0n) is 15.7. The third kappa shape index (κ3) is 10.5. The van der Waals surface area contributed by atoms with E-state index in [2.05, 4.69) is 23.9 Å². The second-order valence-electron chi connectivity index (χ2n) is 6.97. The van der Waals surface area contributed by atoms with Crippen molar-refractivity contribution in [3.8, 4) is 0 Å². The maximum Gasteiger partial charge on any atom is 0.137 e. The number of rotatable bonds is 16. The Morgan fingerprint density at radius 2 is 1.26 bits per heavy atom. The van der Waals surface area contributed by atoms with Gasteiger partial charge >= 0.3 is 0 Å². The van der Waals surface area contributed by atoms with Crippen molar-refractivity contribution in [2.45, 2.75) is 116 Å². The highest BCUT2D eigenvalue weighted by Crippen LogP contribution is 2.19. The standard InChI is InChI=1S/C20H39N3/c1-3-5-6-7-8-9-10-11-12-13-14-15-16-17-20(4-2)23-19-21-18-22-23/h18-20H,3-17H2,1-2H3. The first-order valence-electron chi connectivity index (χ1n) is 10.2. The maximum atomic E-state index is 4.27. The van der Waals surface area contributed by atoms with Crippen LogP contribution >= 0.6 is 0 Å². The molecule has 0 aromatic carbocycles. The van der Waals surface area contributed by atoms with Crippen LogP contribution in [0.3, 0.4) is 0 Å². The van der Waals surface area contributed by atoms with E-state index in [1.54, 1.807) is 6.33 Å². The first-order chi connectivity index (χ1) is 11.4. The molecular formula is C20H39N3. The molecule has 1 rings (SSSR count). The molecule has 1 aromatic rings. The average molecular weight is 322 g/mol. The smallest absolute Gasteiger partial charge is 0.137 e. The van der Waals surface area contributed by atoms with E-state index in [0.29, 0.717) is 6.04 Å². The predicted molar refractivity (Wildman–Crippen MR) is 99.7 cm³/mol. The zero-order valence-corrected chi connectivity index (χ0v) is 15.7. The maximum absolute atomic E-state index is 4.27. The fourth-order valence-electron chi connectivity index (χ4n) is 3.33. The van der Waals surface area contributed by atoms with Crippen molar-refractivity contribution < 1.29 is 0 Å². The van der Waals surface area contributed by atoms with E-state index in [0.717, 1.165) is 6.42 Å². The highest BCUT2D eigenvalue weighted by Gasteiger charge is 2.08. The van der Waals surface area contributed by atoms with Crippen molar-refractivity contribution >= 4 is 0 Å². The Hall–Kier alpha value is -0.860. The summed E-state index contributed by atoms with van der Waals surface area (Å²) < 4.78 is 2.03. The van der Waals surface area contributed by atoms with Crippen LogP contribution in [0.5, 0.6) is 0 Å². The molecule has 3 nitrogen and oxygen atoms in total. The Balaban J connectivity index is 1.83. The third-order valence-electron chi connectivity index (χ3n) is 4.92. The molecule has 0 saturated carbocycles. The predicted octanol–water partition coefficient (Wildman–Crippen LogP) is 6.71. The van der Waals surface area contributed by atoms with E-state index in [-0.39, 0.29) is 0 Å². The molecule has 0 amide bonds. The lowest BCUT2D eigenvalue weighted by Crippen LogP contribution is -2.08. The van der Waals surface area contributed by atoms with Crippen molar-refractivity contribution in [3.05, 3.63) is 12.7 Å². The Bertz CT molecular complexity index is 335. The van der Waals surface area contributed by atoms with Gasteiger partial charge in [-0.2, -0.15) is 5.10 Å². The molecule has 1 aromatic heterocycles. The summed E-state index contributed by atoms with van der Waals surface area (Å²) in [7, 11) is 0. The lowest BCUT2D eigenvalue weighted by atomic mass is 10.0. The monoisotopic (exact) mass is 321 g/mol. The Morgan fingerprint density at radius 3 is 1.70 bits per heavy atom. The van der Waals surface area contributed by atoms with Gasteiger partial charge in [0, 0.05) is 0 Å². The van der Waals surface area contributed by atoms with Gasteiger partial charge in [0.1, 0.15) is 12.7 Å². The molecule has 0 aliphatic rings. The minimum atomic E-state index is 0.546. The molecule has 1 atom stereocenters. The number of nitrogens with zero attached hydrogens (tertiary/aromatic N) is 3. The fraction of sp³-hybridized carbons (Fsp3) is 0.900. The van der Waals surface area contributed by atoms with E-state index in [1.807, 2.05) is 11.0 Å². The molecule has 1 unspecified atom stereocenters. The lowest BCUT2D eigenvalue weighted by Gasteiger charge is -2.14. The number of aromatic nitrogens is 3. The van der Waals surface area contributed by atoms with Crippen molar-refractivity contribution in [3.63, 3.8) is 0 Å². The van der Waals surface area contributed by atoms with Crippen LogP contribution in [0.2, 0.25) is 0 Å². The summed E-state index contributed by atoms with van der Waals surface area (Å²) in [5.41, 5.74) is 0. The van der Waals surface area contributed by atoms with Gasteiger partial charge in [-0.3, -0.25) is 0 Å². The average Bonchev–Trinajstić information content (AvgIpc) is 3.09. The Labute approximate surface area is 144 Å². The Kier molecular flexibility index (Phi) is 12.9. The molecule has 134 valence electrons. The van der Waals surface area contributed by atoms with Crippen LogP contribution in [0.4, 0.5) is 0 Å². The Morgan fingerprint density at radius 1 is 0.739 bits per heavy atom. The number of hydrogen-bond donors (Lipinski definition) is 0. The summed E-state index contributed by atoms with van der Waals surface area (Å²) in [5, 5.41) is 4.27. The van der Waals surface area contributed by atoms with Crippen LogP contribution in [0.25, 0.3) is 0 Å². The van der Waals surface area contributed by atoms with Crippen LogP contribution in [0.1, 0.15) is 116 Å². The summed E-state index contributed by atoms with van der Waals surface area (Å²) in [5.74, 6) is 0. The zero-order chi connectivity index (χ0) is 16.6. The second kappa shape index (κ2) is 14.7. The van der Waals surface area contributed by atoms with E-state index >= 15 is 0 Å². The normalized spacial score (nSPS) is 12.6. The second-order valence-corrected chi connectivity index (χ2v) is 6.97. The minimum absolute atomic E-state index is 0.546. The van der Waals surface area contributed by atoms with E-state index in [4.69, 9.17) is 0 Å². The van der Waals surface area contributed by atoms with Crippen LogP contribution in [0.15, 0.2) is 12.7 Å². The first kappa shape index (κ1) is 20.2. The van der Waals surface area contributed by atoms with E-state index in [9.17, 15) is 0 Å². The highest BCUT2D eigenvalue weighted by atomic mass is 15.3. The molecule has 0 aliphatic carbocycles. The van der Waals surface area contributed by atoms with Gasteiger partial charge in [0.25, 0.3) is 0 Å². The van der Waals surface area contributed by atoms with Gasteiger partial charge in [0.2, 0.25) is 0 Å². The quantitative estimate of drug-likeness (QED) is 0.317. The largest absolute Gasteiger partial charge is 0.250 e. The molecule has 0 aliphatic heterocycles. The highest BCUT2D eigenvalue weighted by molar-refractivity contribution is 4.67. The van der Waals surface area contributed by atoms with Crippen LogP contribution < -0.4 is 0 Å². The molecule has 0 fully saturated rings. The fourth-order valence-corrected chi connectivity index (χ4v) is 3.33. The van der Waals surface area contributed by atoms with Gasteiger partial charge in [-0.05, 0) is 12.8 Å². The van der Waals surface area contributed by atoms with Crippen molar-refractivity contribution in [2.75, 3.05) is 0 Å². The number of hydrogen-bond acceptors (Lipinski definition) is 2. The molecule has 23 heavy (non-hydrogen) atoms. The van der Waals surface area contributed by atoms with Crippen LogP contribution in [-0.4, -0.2) is 14.8 Å². The molecule has 0 spiro atoms. The van der Waals surface area contributed by atoms with Crippen LogP contribution in [-0.2, 0) is 0 Å². The van der Waals surface area contributed by atoms with Gasteiger partial charge in [0.05, 0.1) is 6.04 Å². The molecule has 0 saturated heterocycles. The van der Waals surface area contributed by atoms with Crippen LogP contribution in [0, 0.1) is 0 Å². The first-order valence-corrected chi connectivity index (χ1v) is 10.2. The molecule has 0 radical (unpaired) electrons. The van der Waals surface area contributed by atoms with Gasteiger partial charge in [-0.15, -0.1) is 0 Å². The van der Waals surface area contributed by atoms with Gasteiger partial charge < -0.3 is 0 Å². The SMILES string of the molecule is CCCCCCCCCCCCCCCC(CC)n1cncn1. The molecule has 3 heteroatoms. The van der Waals surface area contributed by atoms with Crippen molar-refractivity contribution in [2.24, 2.45) is 0 Å². The summed E-state index contributed by atoms with van der Waals surface area (Å²) in [6, 6.07) is 0.546. The topological polar surface area (TPSA) is 30.7 Å². The lowest BCUT2D eigenvalue weighted by molar-refractivity contribution is 0.392. The molecule has 0 bridgehead atoms.